The first-order valence-corrected chi connectivity index (χ1v) is 7.66. The molecule has 0 atom stereocenters. The lowest BCUT2D eigenvalue weighted by Gasteiger charge is -2.26. The third kappa shape index (κ3) is 10.8. The third-order valence-corrected chi connectivity index (χ3v) is 3.43. The van der Waals surface area contributed by atoms with Gasteiger partial charge in [-0.05, 0) is 46.3 Å². The first-order chi connectivity index (χ1) is 8.22. The maximum Gasteiger partial charge on any atom is 0.00385 e. The molecule has 0 aliphatic carbocycles. The second-order valence-electron chi connectivity index (χ2n) is 5.39. The van der Waals surface area contributed by atoms with Gasteiger partial charge < -0.3 is 10.6 Å². The molecule has 0 aliphatic rings. The lowest BCUT2D eigenvalue weighted by molar-refractivity contribution is 0.215. The predicted octanol–water partition coefficient (Wildman–Crippen LogP) is 3.80. The Bertz CT molecular complexity index is 146. The predicted molar refractivity (Wildman–Crippen MR) is 78.4 cm³/mol. The van der Waals surface area contributed by atoms with E-state index in [1.165, 1.54) is 58.0 Å². The van der Waals surface area contributed by atoms with Crippen LogP contribution in [0, 0.1) is 0 Å². The van der Waals surface area contributed by atoms with E-state index in [0.29, 0.717) is 6.04 Å². The number of rotatable bonds is 12. The van der Waals surface area contributed by atoms with Gasteiger partial charge in [0.2, 0.25) is 0 Å². The van der Waals surface area contributed by atoms with E-state index < -0.39 is 0 Å². The van der Waals surface area contributed by atoms with Gasteiger partial charge in [0.15, 0.2) is 0 Å². The molecule has 2 nitrogen and oxygen atoms in total. The van der Waals surface area contributed by atoms with Crippen LogP contribution in [0.15, 0.2) is 0 Å². The normalized spacial score (nSPS) is 11.6. The van der Waals surface area contributed by atoms with E-state index in [2.05, 4.69) is 25.7 Å². The Labute approximate surface area is 109 Å². The van der Waals surface area contributed by atoms with Crippen molar-refractivity contribution in [3.63, 3.8) is 0 Å². The Hall–Kier alpha value is -0.0800. The Morgan fingerprint density at radius 3 is 1.88 bits per heavy atom. The smallest absolute Gasteiger partial charge is 0.00385 e. The molecule has 0 rings (SSSR count). The number of nitrogens with zero attached hydrogens (tertiary/aromatic N) is 1. The number of hydrogen-bond donors (Lipinski definition) is 1. The van der Waals surface area contributed by atoms with Crippen molar-refractivity contribution in [3.8, 4) is 0 Å². The molecular formula is C15H34N2. The number of nitrogens with two attached hydrogens (primary N) is 1. The first-order valence-electron chi connectivity index (χ1n) is 7.66. The van der Waals surface area contributed by atoms with Crippen LogP contribution in [0.3, 0.4) is 0 Å². The molecule has 0 amide bonds. The fourth-order valence-corrected chi connectivity index (χ4v) is 2.19. The molecule has 0 unspecified atom stereocenters. The molecule has 0 aromatic carbocycles. The van der Waals surface area contributed by atoms with Gasteiger partial charge in [-0.25, -0.2) is 0 Å². The summed E-state index contributed by atoms with van der Waals surface area (Å²) in [6, 6.07) is 0.668. The monoisotopic (exact) mass is 242 g/mol. The molecule has 0 heterocycles. The van der Waals surface area contributed by atoms with Gasteiger partial charge in [-0.3, -0.25) is 0 Å². The van der Waals surface area contributed by atoms with Gasteiger partial charge in [-0.1, -0.05) is 45.4 Å². The average molecular weight is 242 g/mol. The molecule has 0 saturated heterocycles. The topological polar surface area (TPSA) is 29.3 Å². The summed E-state index contributed by atoms with van der Waals surface area (Å²) in [7, 11) is 0. The highest BCUT2D eigenvalue weighted by atomic mass is 15.1. The Balaban J connectivity index is 3.41. The van der Waals surface area contributed by atoms with Crippen LogP contribution in [0.2, 0.25) is 0 Å². The van der Waals surface area contributed by atoms with Crippen molar-refractivity contribution < 1.29 is 0 Å². The van der Waals surface area contributed by atoms with Crippen molar-refractivity contribution in [1.82, 2.24) is 4.90 Å². The zero-order chi connectivity index (χ0) is 12.9. The zero-order valence-corrected chi connectivity index (χ0v) is 12.4. The molecule has 2 N–H and O–H groups in total. The minimum atomic E-state index is 0.668. The van der Waals surface area contributed by atoms with E-state index in [1.807, 2.05) is 0 Å². The molecule has 17 heavy (non-hydrogen) atoms. The maximum absolute atomic E-state index is 5.57. The SMILES string of the molecule is CCCCCCCCCN(CCCN)C(C)C. The minimum Gasteiger partial charge on any atom is -0.330 e. The third-order valence-electron chi connectivity index (χ3n) is 3.43. The van der Waals surface area contributed by atoms with Gasteiger partial charge in [0.1, 0.15) is 0 Å². The molecule has 0 spiro atoms. The maximum atomic E-state index is 5.57. The molecule has 104 valence electrons. The van der Waals surface area contributed by atoms with E-state index in [4.69, 9.17) is 5.73 Å². The van der Waals surface area contributed by atoms with Crippen molar-refractivity contribution in [2.24, 2.45) is 5.73 Å². The molecule has 0 aromatic rings. The van der Waals surface area contributed by atoms with Crippen molar-refractivity contribution in [3.05, 3.63) is 0 Å². The van der Waals surface area contributed by atoms with E-state index in [-0.39, 0.29) is 0 Å². The summed E-state index contributed by atoms with van der Waals surface area (Å²) < 4.78 is 0. The zero-order valence-electron chi connectivity index (χ0n) is 12.4. The molecule has 0 saturated carbocycles. The highest BCUT2D eigenvalue weighted by molar-refractivity contribution is 4.63. The quantitative estimate of drug-likeness (QED) is 0.528. The van der Waals surface area contributed by atoms with Gasteiger partial charge in [0, 0.05) is 6.04 Å². The van der Waals surface area contributed by atoms with E-state index in [9.17, 15) is 0 Å². The highest BCUT2D eigenvalue weighted by Gasteiger charge is 2.07. The summed E-state index contributed by atoms with van der Waals surface area (Å²) in [5.74, 6) is 0. The molecule has 2 heteroatoms. The van der Waals surface area contributed by atoms with Crippen LogP contribution in [-0.2, 0) is 0 Å². The second kappa shape index (κ2) is 12.4. The van der Waals surface area contributed by atoms with E-state index in [0.717, 1.165) is 13.0 Å². The summed E-state index contributed by atoms with van der Waals surface area (Å²) >= 11 is 0. The van der Waals surface area contributed by atoms with Crippen LogP contribution in [0.5, 0.6) is 0 Å². The molecule has 0 aliphatic heterocycles. The van der Waals surface area contributed by atoms with Gasteiger partial charge in [0.25, 0.3) is 0 Å². The molecule has 0 fully saturated rings. The summed E-state index contributed by atoms with van der Waals surface area (Å²) in [6.07, 6.45) is 10.9. The van der Waals surface area contributed by atoms with Gasteiger partial charge >= 0.3 is 0 Å². The largest absolute Gasteiger partial charge is 0.330 e. The Morgan fingerprint density at radius 1 is 0.824 bits per heavy atom. The fraction of sp³-hybridized carbons (Fsp3) is 1.00. The minimum absolute atomic E-state index is 0.668. The van der Waals surface area contributed by atoms with Crippen LogP contribution in [0.1, 0.15) is 72.1 Å². The van der Waals surface area contributed by atoms with Crippen molar-refractivity contribution in [2.75, 3.05) is 19.6 Å². The summed E-state index contributed by atoms with van der Waals surface area (Å²) in [4.78, 5) is 2.57. The Kier molecular flexibility index (Phi) is 12.3. The van der Waals surface area contributed by atoms with Crippen LogP contribution in [-0.4, -0.2) is 30.6 Å². The standard InChI is InChI=1S/C15H34N2/c1-4-5-6-7-8-9-10-13-17(15(2)3)14-11-12-16/h15H,4-14,16H2,1-3H3. The van der Waals surface area contributed by atoms with Gasteiger partial charge in [-0.2, -0.15) is 0 Å². The summed E-state index contributed by atoms with van der Waals surface area (Å²) in [5, 5.41) is 0. The fourth-order valence-electron chi connectivity index (χ4n) is 2.19. The van der Waals surface area contributed by atoms with Crippen LogP contribution < -0.4 is 5.73 Å². The average Bonchev–Trinajstić information content (AvgIpc) is 2.31. The second-order valence-corrected chi connectivity index (χ2v) is 5.39. The van der Waals surface area contributed by atoms with Crippen molar-refractivity contribution in [1.29, 1.82) is 0 Å². The molecule has 0 bridgehead atoms. The van der Waals surface area contributed by atoms with E-state index in [1.54, 1.807) is 0 Å². The summed E-state index contributed by atoms with van der Waals surface area (Å²) in [5.41, 5.74) is 5.57. The highest BCUT2D eigenvalue weighted by Crippen LogP contribution is 2.09. The molecule has 0 radical (unpaired) electrons. The van der Waals surface area contributed by atoms with Crippen molar-refractivity contribution >= 4 is 0 Å². The van der Waals surface area contributed by atoms with Crippen LogP contribution in [0.25, 0.3) is 0 Å². The van der Waals surface area contributed by atoms with Crippen LogP contribution in [0.4, 0.5) is 0 Å². The number of hydrogen-bond acceptors (Lipinski definition) is 2. The van der Waals surface area contributed by atoms with Crippen molar-refractivity contribution in [2.45, 2.75) is 78.2 Å². The summed E-state index contributed by atoms with van der Waals surface area (Å²) in [6.45, 7) is 10.1. The first kappa shape index (κ1) is 16.9. The lowest BCUT2D eigenvalue weighted by Crippen LogP contribution is -2.33. The Morgan fingerprint density at radius 2 is 1.35 bits per heavy atom. The van der Waals surface area contributed by atoms with E-state index >= 15 is 0 Å². The molecular weight excluding hydrogens is 208 g/mol. The molecule has 0 aromatic heterocycles. The van der Waals surface area contributed by atoms with Gasteiger partial charge in [-0.15, -0.1) is 0 Å². The lowest BCUT2D eigenvalue weighted by atomic mass is 10.1. The van der Waals surface area contributed by atoms with Gasteiger partial charge in [0.05, 0.1) is 0 Å². The van der Waals surface area contributed by atoms with Crippen LogP contribution >= 0.6 is 0 Å². The number of unbranched alkanes of at least 4 members (excludes halogenated alkanes) is 6.